The minimum Gasteiger partial charge on any atom is -0.496 e. The summed E-state index contributed by atoms with van der Waals surface area (Å²) in [7, 11) is 1.61. The van der Waals surface area contributed by atoms with Crippen LogP contribution in [0.3, 0.4) is 0 Å². The highest BCUT2D eigenvalue weighted by Crippen LogP contribution is 2.39. The molecule has 142 valence electrons. The molecule has 0 amide bonds. The van der Waals surface area contributed by atoms with Gasteiger partial charge in [-0.25, -0.2) is 9.78 Å². The molecule has 28 heavy (non-hydrogen) atoms. The van der Waals surface area contributed by atoms with Gasteiger partial charge in [0.05, 0.1) is 36.1 Å². The highest BCUT2D eigenvalue weighted by atomic mass is 16.6. The Labute approximate surface area is 160 Å². The van der Waals surface area contributed by atoms with Crippen LogP contribution in [0, 0.1) is 0 Å². The van der Waals surface area contributed by atoms with E-state index < -0.39 is 11.6 Å². The lowest BCUT2D eigenvalue weighted by Gasteiger charge is -2.31. The van der Waals surface area contributed by atoms with E-state index >= 15 is 0 Å². The SMILES string of the molecule is CC[C@@]1(O)C(=O)OCc2c1cc1n(c2=O)Cc2cc3c(OC)cccc3nc2-1. The summed E-state index contributed by atoms with van der Waals surface area (Å²) in [5.74, 6) is -0.00368. The Bertz CT molecular complexity index is 1230. The van der Waals surface area contributed by atoms with E-state index in [0.717, 1.165) is 22.2 Å². The number of benzene rings is 1. The van der Waals surface area contributed by atoms with Gasteiger partial charge in [0, 0.05) is 16.5 Å². The van der Waals surface area contributed by atoms with Crippen molar-refractivity contribution in [2.75, 3.05) is 7.11 Å². The van der Waals surface area contributed by atoms with Crippen molar-refractivity contribution < 1.29 is 19.4 Å². The fraction of sp³-hybridized carbons (Fsp3) is 0.286. The van der Waals surface area contributed by atoms with Crippen LogP contribution >= 0.6 is 0 Å². The Hall–Kier alpha value is -3.19. The molecule has 2 aromatic heterocycles. The van der Waals surface area contributed by atoms with Gasteiger partial charge in [0.15, 0.2) is 5.60 Å². The summed E-state index contributed by atoms with van der Waals surface area (Å²) in [5, 5.41) is 11.8. The lowest BCUT2D eigenvalue weighted by atomic mass is 9.86. The van der Waals surface area contributed by atoms with Crippen LogP contribution in [0.1, 0.15) is 30.0 Å². The van der Waals surface area contributed by atoms with Crippen molar-refractivity contribution in [3.05, 3.63) is 57.4 Å². The second kappa shape index (κ2) is 5.65. The normalized spacial score (nSPS) is 19.8. The van der Waals surface area contributed by atoms with Gasteiger partial charge >= 0.3 is 5.97 Å². The number of pyridine rings is 2. The molecule has 7 heteroatoms. The smallest absolute Gasteiger partial charge is 0.343 e. The molecule has 1 aromatic carbocycles. The average molecular weight is 378 g/mol. The van der Waals surface area contributed by atoms with Crippen molar-refractivity contribution in [3.8, 4) is 17.1 Å². The molecule has 7 nitrogen and oxygen atoms in total. The van der Waals surface area contributed by atoms with Crippen molar-refractivity contribution >= 4 is 16.9 Å². The maximum absolute atomic E-state index is 13.1. The third-order valence-corrected chi connectivity index (χ3v) is 5.73. The first-order valence-corrected chi connectivity index (χ1v) is 9.11. The zero-order chi connectivity index (χ0) is 19.6. The summed E-state index contributed by atoms with van der Waals surface area (Å²) >= 11 is 0. The lowest BCUT2D eigenvalue weighted by molar-refractivity contribution is -0.172. The van der Waals surface area contributed by atoms with Crippen LogP contribution < -0.4 is 10.3 Å². The van der Waals surface area contributed by atoms with Crippen LogP contribution in [0.25, 0.3) is 22.3 Å². The lowest BCUT2D eigenvalue weighted by Crippen LogP contribution is -2.44. The number of esters is 1. The minimum atomic E-state index is -1.81. The number of carbonyl (C=O) groups is 1. The summed E-state index contributed by atoms with van der Waals surface area (Å²) in [6.45, 7) is 1.93. The molecule has 0 unspecified atom stereocenters. The Morgan fingerprint density at radius 2 is 2.14 bits per heavy atom. The molecule has 2 aliphatic heterocycles. The third kappa shape index (κ3) is 2.05. The fourth-order valence-electron chi connectivity index (χ4n) is 4.15. The summed E-state index contributed by atoms with van der Waals surface area (Å²) in [6.07, 6.45) is 0.122. The van der Waals surface area contributed by atoms with Gasteiger partial charge in [-0.1, -0.05) is 13.0 Å². The number of hydrogen-bond acceptors (Lipinski definition) is 6. The topological polar surface area (TPSA) is 90.7 Å². The summed E-state index contributed by atoms with van der Waals surface area (Å²) in [4.78, 5) is 30.1. The molecule has 1 atom stereocenters. The standard InChI is InChI=1S/C21H18N2O5/c1-3-21(26)14-8-16-18-11(7-12-15(22-18)5-4-6-17(12)27-2)9-23(16)19(24)13(14)10-28-20(21)25/h4-8,26H,3,9-10H2,1-2H3/t21-/m0/s1. The van der Waals surface area contributed by atoms with E-state index in [-0.39, 0.29) is 18.6 Å². The van der Waals surface area contributed by atoms with Crippen LogP contribution in [-0.2, 0) is 28.3 Å². The van der Waals surface area contributed by atoms with Gasteiger partial charge in [-0.2, -0.15) is 0 Å². The quantitative estimate of drug-likeness (QED) is 0.537. The molecular weight excluding hydrogens is 360 g/mol. The van der Waals surface area contributed by atoms with Gasteiger partial charge in [0.1, 0.15) is 12.4 Å². The number of aliphatic hydroxyl groups is 1. The number of nitrogens with zero attached hydrogens (tertiary/aromatic N) is 2. The van der Waals surface area contributed by atoms with Gasteiger partial charge in [-0.05, 0) is 30.7 Å². The number of aromatic nitrogens is 2. The number of fused-ring (bicyclic) bond motifs is 5. The molecular formula is C21H18N2O5. The first-order chi connectivity index (χ1) is 13.5. The molecule has 0 radical (unpaired) electrons. The summed E-state index contributed by atoms with van der Waals surface area (Å²) in [6, 6.07) is 9.31. The summed E-state index contributed by atoms with van der Waals surface area (Å²) < 4.78 is 12.1. The second-order valence-electron chi connectivity index (χ2n) is 7.13. The van der Waals surface area contributed by atoms with Crippen LogP contribution in [-0.4, -0.2) is 27.7 Å². The Kier molecular flexibility index (Phi) is 3.42. The molecule has 4 heterocycles. The van der Waals surface area contributed by atoms with Crippen molar-refractivity contribution in [1.82, 2.24) is 9.55 Å². The zero-order valence-electron chi connectivity index (χ0n) is 15.5. The molecule has 0 bridgehead atoms. The molecule has 5 rings (SSSR count). The fourth-order valence-corrected chi connectivity index (χ4v) is 4.15. The predicted molar refractivity (Wildman–Crippen MR) is 101 cm³/mol. The molecule has 0 saturated carbocycles. The van der Waals surface area contributed by atoms with E-state index in [4.69, 9.17) is 14.5 Å². The first kappa shape index (κ1) is 16.9. The maximum Gasteiger partial charge on any atom is 0.343 e. The molecule has 1 N–H and O–H groups in total. The number of rotatable bonds is 2. The van der Waals surface area contributed by atoms with Gasteiger partial charge in [0.25, 0.3) is 5.56 Å². The van der Waals surface area contributed by atoms with Crippen molar-refractivity contribution in [2.24, 2.45) is 0 Å². The van der Waals surface area contributed by atoms with Crippen LogP contribution in [0.2, 0.25) is 0 Å². The number of carbonyl (C=O) groups excluding carboxylic acids is 1. The number of methoxy groups -OCH3 is 1. The van der Waals surface area contributed by atoms with E-state index in [0.29, 0.717) is 29.1 Å². The van der Waals surface area contributed by atoms with Crippen LogP contribution in [0.15, 0.2) is 35.1 Å². The zero-order valence-corrected chi connectivity index (χ0v) is 15.5. The number of hydrogen-bond donors (Lipinski definition) is 1. The summed E-state index contributed by atoms with van der Waals surface area (Å²) in [5.41, 5.74) is 1.49. The number of cyclic esters (lactones) is 1. The third-order valence-electron chi connectivity index (χ3n) is 5.73. The molecule has 0 aliphatic carbocycles. The predicted octanol–water partition coefficient (Wildman–Crippen LogP) is 2.09. The van der Waals surface area contributed by atoms with E-state index in [9.17, 15) is 14.7 Å². The second-order valence-corrected chi connectivity index (χ2v) is 7.13. The largest absolute Gasteiger partial charge is 0.496 e. The van der Waals surface area contributed by atoms with E-state index in [1.165, 1.54) is 0 Å². The van der Waals surface area contributed by atoms with Crippen molar-refractivity contribution in [3.63, 3.8) is 0 Å². The number of ether oxygens (including phenoxy) is 2. The molecule has 2 aliphatic rings. The highest BCUT2D eigenvalue weighted by Gasteiger charge is 2.45. The van der Waals surface area contributed by atoms with E-state index in [2.05, 4.69) is 0 Å². The van der Waals surface area contributed by atoms with Gasteiger partial charge in [-0.3, -0.25) is 4.79 Å². The molecule has 0 fully saturated rings. The minimum absolute atomic E-state index is 0.122. The average Bonchev–Trinajstić information content (AvgIpc) is 3.07. The van der Waals surface area contributed by atoms with Crippen LogP contribution in [0.5, 0.6) is 5.75 Å². The van der Waals surface area contributed by atoms with E-state index in [1.54, 1.807) is 24.7 Å². The molecule has 3 aromatic rings. The van der Waals surface area contributed by atoms with Gasteiger partial charge < -0.3 is 19.1 Å². The Balaban J connectivity index is 1.79. The molecule has 0 saturated heterocycles. The van der Waals surface area contributed by atoms with Crippen LogP contribution in [0.4, 0.5) is 0 Å². The monoisotopic (exact) mass is 378 g/mol. The first-order valence-electron chi connectivity index (χ1n) is 9.11. The van der Waals surface area contributed by atoms with Crippen molar-refractivity contribution in [2.45, 2.75) is 32.1 Å². The Morgan fingerprint density at radius 3 is 2.89 bits per heavy atom. The maximum atomic E-state index is 13.1. The van der Waals surface area contributed by atoms with E-state index in [1.807, 2.05) is 24.3 Å². The Morgan fingerprint density at radius 1 is 1.32 bits per heavy atom. The van der Waals surface area contributed by atoms with Gasteiger partial charge in [0.2, 0.25) is 0 Å². The highest BCUT2D eigenvalue weighted by molar-refractivity contribution is 5.89. The molecule has 0 spiro atoms. The van der Waals surface area contributed by atoms with Crippen molar-refractivity contribution in [1.29, 1.82) is 0 Å². The van der Waals surface area contributed by atoms with Gasteiger partial charge in [-0.15, -0.1) is 0 Å².